The van der Waals surface area contributed by atoms with Crippen LogP contribution in [0, 0.1) is 13.8 Å². The topological polar surface area (TPSA) is 87.9 Å². The van der Waals surface area contributed by atoms with Crippen LogP contribution >= 0.6 is 11.3 Å². The Labute approximate surface area is 179 Å². The quantitative estimate of drug-likeness (QED) is 0.596. The second-order valence-electron chi connectivity index (χ2n) is 7.57. The van der Waals surface area contributed by atoms with Gasteiger partial charge in [-0.05, 0) is 31.9 Å². The summed E-state index contributed by atoms with van der Waals surface area (Å²) in [7, 11) is -3.54. The van der Waals surface area contributed by atoms with Crippen molar-refractivity contribution in [2.75, 3.05) is 31.1 Å². The van der Waals surface area contributed by atoms with E-state index in [1.807, 2.05) is 37.8 Å². The van der Waals surface area contributed by atoms with Crippen molar-refractivity contribution < 1.29 is 8.42 Å². The van der Waals surface area contributed by atoms with Gasteiger partial charge in [-0.3, -0.25) is 4.79 Å². The molecule has 0 spiro atoms. The Morgan fingerprint density at radius 1 is 1.10 bits per heavy atom. The molecule has 0 unspecified atom stereocenters. The average Bonchev–Trinajstić information content (AvgIpc) is 3.13. The number of piperazine rings is 1. The number of rotatable bonds is 5. The van der Waals surface area contributed by atoms with E-state index in [-0.39, 0.29) is 5.56 Å². The maximum absolute atomic E-state index is 13.1. The van der Waals surface area contributed by atoms with E-state index in [2.05, 4.69) is 10.1 Å². The van der Waals surface area contributed by atoms with Gasteiger partial charge in [0.15, 0.2) is 0 Å². The van der Waals surface area contributed by atoms with Gasteiger partial charge in [-0.2, -0.15) is 8.82 Å². The molecule has 1 fully saturated rings. The SMILES string of the molecule is CCCc1cc(=O)n2nc(N3CCN(S(=O)(=O)c4ccc(C)cc4C)CC3)sc2n1. The molecule has 3 aromatic rings. The Morgan fingerprint density at radius 2 is 1.83 bits per heavy atom. The third kappa shape index (κ3) is 3.86. The Bertz CT molecular complexity index is 1240. The molecule has 0 amide bonds. The van der Waals surface area contributed by atoms with E-state index in [0.717, 1.165) is 29.7 Å². The standard InChI is InChI=1S/C20H25N5O3S2/c1-4-5-16-13-18(26)25-19(21-16)29-20(22-25)23-8-10-24(11-9-23)30(27,28)17-7-6-14(2)12-15(17)3/h6-7,12-13H,4-5,8-11H2,1-3H3. The minimum absolute atomic E-state index is 0.179. The molecular weight excluding hydrogens is 422 g/mol. The van der Waals surface area contributed by atoms with Gasteiger partial charge in [0.05, 0.1) is 4.90 Å². The number of hydrogen-bond acceptors (Lipinski definition) is 7. The van der Waals surface area contributed by atoms with Gasteiger partial charge >= 0.3 is 0 Å². The van der Waals surface area contributed by atoms with Gasteiger partial charge in [0.25, 0.3) is 5.56 Å². The summed E-state index contributed by atoms with van der Waals surface area (Å²) >= 11 is 1.37. The van der Waals surface area contributed by atoms with Gasteiger partial charge in [0, 0.05) is 37.9 Å². The third-order valence-electron chi connectivity index (χ3n) is 5.25. The van der Waals surface area contributed by atoms with E-state index in [1.165, 1.54) is 26.2 Å². The van der Waals surface area contributed by atoms with Gasteiger partial charge in [0.2, 0.25) is 20.1 Å². The number of anilines is 1. The highest BCUT2D eigenvalue weighted by molar-refractivity contribution is 7.89. The normalized spacial score (nSPS) is 15.8. The fraction of sp³-hybridized carbons (Fsp3) is 0.450. The maximum Gasteiger partial charge on any atom is 0.275 e. The van der Waals surface area contributed by atoms with Crippen LogP contribution in [-0.4, -0.2) is 53.5 Å². The van der Waals surface area contributed by atoms with Crippen molar-refractivity contribution in [1.82, 2.24) is 18.9 Å². The van der Waals surface area contributed by atoms with Crippen molar-refractivity contribution in [2.45, 2.75) is 38.5 Å². The van der Waals surface area contributed by atoms with Gasteiger partial charge < -0.3 is 4.90 Å². The number of sulfonamides is 1. The van der Waals surface area contributed by atoms with Crippen molar-refractivity contribution in [3.05, 3.63) is 51.4 Å². The smallest absolute Gasteiger partial charge is 0.275 e. The number of nitrogens with zero attached hydrogens (tertiary/aromatic N) is 5. The lowest BCUT2D eigenvalue weighted by molar-refractivity contribution is 0.384. The molecule has 160 valence electrons. The Hall–Kier alpha value is -2.30. The first kappa shape index (κ1) is 21.0. The zero-order chi connectivity index (χ0) is 21.5. The molecular formula is C20H25N5O3S2. The van der Waals surface area contributed by atoms with Crippen LogP contribution in [0.15, 0.2) is 34.0 Å². The second kappa shape index (κ2) is 8.09. The first-order chi connectivity index (χ1) is 14.3. The zero-order valence-electron chi connectivity index (χ0n) is 17.3. The molecule has 1 aliphatic heterocycles. The minimum atomic E-state index is -3.54. The molecule has 0 atom stereocenters. The molecule has 8 nitrogen and oxygen atoms in total. The van der Waals surface area contributed by atoms with Crippen LogP contribution in [0.4, 0.5) is 5.13 Å². The third-order valence-corrected chi connectivity index (χ3v) is 8.28. The molecule has 0 saturated carbocycles. The summed E-state index contributed by atoms with van der Waals surface area (Å²) < 4.78 is 29.0. The summed E-state index contributed by atoms with van der Waals surface area (Å²) in [4.78, 5) is 19.8. The second-order valence-corrected chi connectivity index (χ2v) is 10.4. The van der Waals surface area contributed by atoms with Gasteiger partial charge in [-0.25, -0.2) is 13.4 Å². The summed E-state index contributed by atoms with van der Waals surface area (Å²) in [6.07, 6.45) is 1.68. The zero-order valence-corrected chi connectivity index (χ0v) is 19.0. The van der Waals surface area contributed by atoms with E-state index >= 15 is 0 Å². The van der Waals surface area contributed by atoms with Crippen molar-refractivity contribution in [1.29, 1.82) is 0 Å². The average molecular weight is 448 g/mol. The van der Waals surface area contributed by atoms with Crippen molar-refractivity contribution in [2.24, 2.45) is 0 Å². The Balaban J connectivity index is 1.53. The highest BCUT2D eigenvalue weighted by atomic mass is 32.2. The number of aromatic nitrogens is 3. The summed E-state index contributed by atoms with van der Waals surface area (Å²) in [6.45, 7) is 7.60. The molecule has 10 heteroatoms. The minimum Gasteiger partial charge on any atom is -0.344 e. The van der Waals surface area contributed by atoms with Crippen LogP contribution in [0.1, 0.15) is 30.2 Å². The molecule has 0 aliphatic carbocycles. The lowest BCUT2D eigenvalue weighted by atomic mass is 10.2. The highest BCUT2D eigenvalue weighted by Gasteiger charge is 2.30. The van der Waals surface area contributed by atoms with Crippen molar-refractivity contribution >= 4 is 31.5 Å². The lowest BCUT2D eigenvalue weighted by Crippen LogP contribution is -2.48. The Kier molecular flexibility index (Phi) is 5.65. The number of benzene rings is 1. The molecule has 1 aromatic carbocycles. The molecule has 3 heterocycles. The number of aryl methyl sites for hydroxylation is 3. The molecule has 0 radical (unpaired) electrons. The molecule has 30 heavy (non-hydrogen) atoms. The van der Waals surface area contributed by atoms with E-state index in [0.29, 0.717) is 41.2 Å². The van der Waals surface area contributed by atoms with E-state index in [4.69, 9.17) is 0 Å². The molecule has 1 aliphatic rings. The molecule has 0 bridgehead atoms. The van der Waals surface area contributed by atoms with Gasteiger partial charge in [-0.15, -0.1) is 5.10 Å². The predicted octanol–water partition coefficient (Wildman–Crippen LogP) is 2.23. The van der Waals surface area contributed by atoms with E-state index in [1.54, 1.807) is 6.07 Å². The first-order valence-electron chi connectivity index (χ1n) is 10.0. The van der Waals surface area contributed by atoms with Crippen LogP contribution < -0.4 is 10.5 Å². The van der Waals surface area contributed by atoms with Crippen molar-refractivity contribution in [3.8, 4) is 0 Å². The van der Waals surface area contributed by atoms with Gasteiger partial charge in [0.1, 0.15) is 0 Å². The summed E-state index contributed by atoms with van der Waals surface area (Å²) in [5.41, 5.74) is 2.40. The molecule has 2 aromatic heterocycles. The monoisotopic (exact) mass is 447 g/mol. The van der Waals surface area contributed by atoms with Crippen LogP contribution in [0.5, 0.6) is 0 Å². The highest BCUT2D eigenvalue weighted by Crippen LogP contribution is 2.26. The van der Waals surface area contributed by atoms with Crippen LogP contribution in [0.2, 0.25) is 0 Å². The van der Waals surface area contributed by atoms with Crippen molar-refractivity contribution in [3.63, 3.8) is 0 Å². The van der Waals surface area contributed by atoms with Crippen LogP contribution in [0.25, 0.3) is 4.96 Å². The first-order valence-corrected chi connectivity index (χ1v) is 12.3. The van der Waals surface area contributed by atoms with E-state index < -0.39 is 10.0 Å². The summed E-state index contributed by atoms with van der Waals surface area (Å²) in [5.74, 6) is 0. The number of fused-ring (bicyclic) bond motifs is 1. The lowest BCUT2D eigenvalue weighted by Gasteiger charge is -2.33. The van der Waals surface area contributed by atoms with Gasteiger partial charge in [-0.1, -0.05) is 42.4 Å². The van der Waals surface area contributed by atoms with Crippen LogP contribution in [0.3, 0.4) is 0 Å². The fourth-order valence-corrected chi connectivity index (χ4v) is 6.31. The molecule has 4 rings (SSSR count). The predicted molar refractivity (Wildman–Crippen MR) is 118 cm³/mol. The molecule has 0 N–H and O–H groups in total. The summed E-state index contributed by atoms with van der Waals surface area (Å²) in [5, 5.41) is 5.12. The molecule has 1 saturated heterocycles. The number of hydrogen-bond donors (Lipinski definition) is 0. The maximum atomic E-state index is 13.1. The summed E-state index contributed by atoms with van der Waals surface area (Å²) in [6, 6.07) is 6.94. The Morgan fingerprint density at radius 3 is 2.50 bits per heavy atom. The largest absolute Gasteiger partial charge is 0.344 e. The van der Waals surface area contributed by atoms with E-state index in [9.17, 15) is 13.2 Å². The van der Waals surface area contributed by atoms with Crippen LogP contribution in [-0.2, 0) is 16.4 Å². The fourth-order valence-electron chi connectivity index (χ4n) is 3.71.